The lowest BCUT2D eigenvalue weighted by atomic mass is 10.0. The molecule has 0 atom stereocenters. The number of hydrogen-bond acceptors (Lipinski definition) is 6. The van der Waals surface area contributed by atoms with Crippen LogP contribution in [0.2, 0.25) is 0 Å². The molecule has 1 aliphatic carbocycles. The first-order valence-electron chi connectivity index (χ1n) is 10.2. The van der Waals surface area contributed by atoms with Crippen molar-refractivity contribution in [3.05, 3.63) is 59.4 Å². The standard InChI is InChI=1S/C22H25FN6O2/c1-24-21(30)17-7-16(20(23)19(8-17)31-2)6-5-15-9-25-22(26-10-15)28-18-11-27-29(13-18)12-14-3-4-14/h7-11,13-14H,3-6,12H2,1-2H3,(H,24,30)(H,25,26,28). The molecule has 9 heteroatoms. The highest BCUT2D eigenvalue weighted by molar-refractivity contribution is 5.94. The van der Waals surface area contributed by atoms with Crippen molar-refractivity contribution in [2.75, 3.05) is 19.5 Å². The lowest BCUT2D eigenvalue weighted by Gasteiger charge is -2.11. The Bertz CT molecular complexity index is 1060. The molecule has 2 N–H and O–H groups in total. The van der Waals surface area contributed by atoms with Crippen molar-refractivity contribution in [2.45, 2.75) is 32.2 Å². The summed E-state index contributed by atoms with van der Waals surface area (Å²) in [5.74, 6) is 0.528. The van der Waals surface area contributed by atoms with Crippen LogP contribution in [0.4, 0.5) is 16.0 Å². The molecular weight excluding hydrogens is 399 g/mol. The summed E-state index contributed by atoms with van der Waals surface area (Å²) in [5.41, 5.74) is 2.46. The Morgan fingerprint density at radius 2 is 2.00 bits per heavy atom. The maximum Gasteiger partial charge on any atom is 0.251 e. The maximum absolute atomic E-state index is 14.6. The molecule has 2 aromatic heterocycles. The van der Waals surface area contributed by atoms with Crippen LogP contribution in [0.25, 0.3) is 0 Å². The number of benzene rings is 1. The predicted molar refractivity (Wildman–Crippen MR) is 114 cm³/mol. The van der Waals surface area contributed by atoms with Crippen molar-refractivity contribution in [3.63, 3.8) is 0 Å². The summed E-state index contributed by atoms with van der Waals surface area (Å²) < 4.78 is 21.6. The van der Waals surface area contributed by atoms with E-state index in [0.29, 0.717) is 29.9 Å². The number of rotatable bonds is 9. The molecular formula is C22H25FN6O2. The van der Waals surface area contributed by atoms with E-state index in [1.54, 1.807) is 24.7 Å². The van der Waals surface area contributed by atoms with Crippen molar-refractivity contribution in [2.24, 2.45) is 5.92 Å². The molecule has 0 aliphatic heterocycles. The molecule has 1 amide bonds. The number of aryl methyl sites for hydroxylation is 2. The van der Waals surface area contributed by atoms with Crippen molar-refractivity contribution in [1.29, 1.82) is 0 Å². The Morgan fingerprint density at radius 1 is 1.23 bits per heavy atom. The van der Waals surface area contributed by atoms with Gasteiger partial charge in [-0.3, -0.25) is 9.48 Å². The van der Waals surface area contributed by atoms with Gasteiger partial charge in [0.2, 0.25) is 5.95 Å². The molecule has 1 aromatic carbocycles. The summed E-state index contributed by atoms with van der Waals surface area (Å²) in [4.78, 5) is 20.6. The average molecular weight is 424 g/mol. The van der Waals surface area contributed by atoms with E-state index in [4.69, 9.17) is 4.74 Å². The number of nitrogens with one attached hydrogen (secondary N) is 2. The molecule has 0 spiro atoms. The van der Waals surface area contributed by atoms with Gasteiger partial charge in [-0.15, -0.1) is 0 Å². The molecule has 0 bridgehead atoms. The van der Waals surface area contributed by atoms with E-state index < -0.39 is 5.82 Å². The fraction of sp³-hybridized carbons (Fsp3) is 0.364. The third kappa shape index (κ3) is 5.17. The highest BCUT2D eigenvalue weighted by Gasteiger charge is 2.22. The maximum atomic E-state index is 14.6. The quantitative estimate of drug-likeness (QED) is 0.548. The van der Waals surface area contributed by atoms with Crippen molar-refractivity contribution in [1.82, 2.24) is 25.1 Å². The zero-order chi connectivity index (χ0) is 21.8. The minimum Gasteiger partial charge on any atom is -0.494 e. The Morgan fingerprint density at radius 3 is 2.68 bits per heavy atom. The van der Waals surface area contributed by atoms with Crippen molar-refractivity contribution >= 4 is 17.5 Å². The van der Waals surface area contributed by atoms with Gasteiger partial charge < -0.3 is 15.4 Å². The summed E-state index contributed by atoms with van der Waals surface area (Å²) in [7, 11) is 2.91. The summed E-state index contributed by atoms with van der Waals surface area (Å²) in [6.07, 6.45) is 10.6. The molecule has 0 unspecified atom stereocenters. The largest absolute Gasteiger partial charge is 0.494 e. The smallest absolute Gasteiger partial charge is 0.251 e. The number of halogens is 1. The van der Waals surface area contributed by atoms with E-state index in [9.17, 15) is 9.18 Å². The van der Waals surface area contributed by atoms with Crippen LogP contribution < -0.4 is 15.4 Å². The van der Waals surface area contributed by atoms with E-state index in [1.165, 1.54) is 33.1 Å². The molecule has 162 valence electrons. The minimum atomic E-state index is -0.461. The number of hydrogen-bond donors (Lipinski definition) is 2. The first-order chi connectivity index (χ1) is 15.1. The number of ether oxygens (including phenoxy) is 1. The lowest BCUT2D eigenvalue weighted by Crippen LogP contribution is -2.18. The monoisotopic (exact) mass is 424 g/mol. The number of methoxy groups -OCH3 is 1. The van der Waals surface area contributed by atoms with Crippen LogP contribution in [0.1, 0.15) is 34.3 Å². The highest BCUT2D eigenvalue weighted by Crippen LogP contribution is 2.30. The second kappa shape index (κ2) is 9.11. The fourth-order valence-corrected chi connectivity index (χ4v) is 3.31. The van der Waals surface area contributed by atoms with Gasteiger partial charge in [0, 0.05) is 37.7 Å². The molecule has 0 radical (unpaired) electrons. The predicted octanol–water partition coefficient (Wildman–Crippen LogP) is 3.12. The van der Waals surface area contributed by atoms with Gasteiger partial charge in [0.1, 0.15) is 0 Å². The topological polar surface area (TPSA) is 94.0 Å². The van der Waals surface area contributed by atoms with Crippen LogP contribution in [0, 0.1) is 11.7 Å². The number of anilines is 2. The van der Waals surface area contributed by atoms with Crippen LogP contribution in [0.15, 0.2) is 36.9 Å². The van der Waals surface area contributed by atoms with Gasteiger partial charge in [0.15, 0.2) is 11.6 Å². The van der Waals surface area contributed by atoms with Crippen LogP contribution in [-0.2, 0) is 19.4 Å². The van der Waals surface area contributed by atoms with Crippen molar-refractivity contribution in [3.8, 4) is 5.75 Å². The van der Waals surface area contributed by atoms with Gasteiger partial charge in [-0.05, 0) is 54.9 Å². The zero-order valence-electron chi connectivity index (χ0n) is 17.6. The number of amides is 1. The van der Waals surface area contributed by atoms with E-state index >= 15 is 0 Å². The average Bonchev–Trinajstić information content (AvgIpc) is 3.50. The zero-order valence-corrected chi connectivity index (χ0v) is 17.6. The van der Waals surface area contributed by atoms with Crippen molar-refractivity contribution < 1.29 is 13.9 Å². The van der Waals surface area contributed by atoms with E-state index in [-0.39, 0.29) is 11.7 Å². The first kappa shape index (κ1) is 20.8. The van der Waals surface area contributed by atoms with Gasteiger partial charge in [-0.2, -0.15) is 5.10 Å². The SMILES string of the molecule is CNC(=O)c1cc(CCc2cnc(Nc3cnn(CC4CC4)c3)nc2)c(F)c(OC)c1. The summed E-state index contributed by atoms with van der Waals surface area (Å²) in [6, 6.07) is 2.95. The molecule has 8 nitrogen and oxygen atoms in total. The van der Waals surface area contributed by atoms with E-state index in [2.05, 4.69) is 25.7 Å². The molecule has 31 heavy (non-hydrogen) atoms. The Hall–Kier alpha value is -3.49. The van der Waals surface area contributed by atoms with E-state index in [0.717, 1.165) is 23.7 Å². The van der Waals surface area contributed by atoms with Gasteiger partial charge in [-0.25, -0.2) is 14.4 Å². The Kier molecular flexibility index (Phi) is 6.11. The lowest BCUT2D eigenvalue weighted by molar-refractivity contribution is 0.0962. The normalized spacial score (nSPS) is 13.1. The van der Waals surface area contributed by atoms with Crippen LogP contribution in [-0.4, -0.2) is 39.8 Å². The fourth-order valence-electron chi connectivity index (χ4n) is 3.31. The third-order valence-electron chi connectivity index (χ3n) is 5.24. The second-order valence-electron chi connectivity index (χ2n) is 7.67. The summed E-state index contributed by atoms with van der Waals surface area (Å²) >= 11 is 0. The van der Waals surface area contributed by atoms with Gasteiger partial charge in [0.05, 0.1) is 19.0 Å². The van der Waals surface area contributed by atoms with Crippen LogP contribution >= 0.6 is 0 Å². The Balaban J connectivity index is 1.39. The second-order valence-corrected chi connectivity index (χ2v) is 7.67. The van der Waals surface area contributed by atoms with Gasteiger partial charge in [0.25, 0.3) is 5.91 Å². The summed E-state index contributed by atoms with van der Waals surface area (Å²) in [5, 5.41) is 10.0. The first-order valence-corrected chi connectivity index (χ1v) is 10.2. The minimum absolute atomic E-state index is 0.0501. The van der Waals surface area contributed by atoms with Crippen LogP contribution in [0.3, 0.4) is 0 Å². The summed E-state index contributed by atoms with van der Waals surface area (Å²) in [6.45, 7) is 0.948. The highest BCUT2D eigenvalue weighted by atomic mass is 19.1. The number of nitrogens with zero attached hydrogens (tertiary/aromatic N) is 4. The molecule has 3 aromatic rings. The molecule has 1 saturated carbocycles. The van der Waals surface area contributed by atoms with Crippen LogP contribution in [0.5, 0.6) is 5.75 Å². The van der Waals surface area contributed by atoms with Gasteiger partial charge >= 0.3 is 0 Å². The van der Waals surface area contributed by atoms with Gasteiger partial charge in [-0.1, -0.05) is 0 Å². The number of carbonyl (C=O) groups excluding carboxylic acids is 1. The molecule has 4 rings (SSSR count). The van der Waals surface area contributed by atoms with E-state index in [1.807, 2.05) is 10.9 Å². The number of aromatic nitrogens is 4. The molecule has 1 aliphatic rings. The Labute approximate surface area is 179 Å². The number of carbonyl (C=O) groups is 1. The third-order valence-corrected chi connectivity index (χ3v) is 5.24. The molecule has 1 fully saturated rings. The molecule has 0 saturated heterocycles. The molecule has 2 heterocycles.